The number of hydrogen-bond donors (Lipinski definition) is 1. The number of ether oxygens (including phenoxy) is 1. The number of amides is 3. The van der Waals surface area contributed by atoms with Crippen molar-refractivity contribution in [3.63, 3.8) is 0 Å². The van der Waals surface area contributed by atoms with Crippen LogP contribution in [0.3, 0.4) is 0 Å². The lowest BCUT2D eigenvalue weighted by Crippen LogP contribution is -2.58. The van der Waals surface area contributed by atoms with Gasteiger partial charge in [-0.25, -0.2) is 0 Å². The van der Waals surface area contributed by atoms with E-state index in [9.17, 15) is 19.5 Å². The monoisotopic (exact) mass is 571 g/mol. The minimum atomic E-state index is -1.21. The summed E-state index contributed by atoms with van der Waals surface area (Å²) in [7, 11) is 0. The van der Waals surface area contributed by atoms with Crippen molar-refractivity contribution in [2.75, 3.05) is 29.5 Å². The third-order valence-electron chi connectivity index (χ3n) is 9.33. The Balaban J connectivity index is 1.62. The molecule has 5 rings (SSSR count). The van der Waals surface area contributed by atoms with Gasteiger partial charge in [0.15, 0.2) is 0 Å². The van der Waals surface area contributed by atoms with Crippen molar-refractivity contribution < 1.29 is 24.2 Å². The van der Waals surface area contributed by atoms with E-state index in [2.05, 4.69) is 13.2 Å². The lowest BCUT2D eigenvalue weighted by atomic mass is 9.66. The van der Waals surface area contributed by atoms with E-state index in [0.717, 1.165) is 16.8 Å². The van der Waals surface area contributed by atoms with E-state index in [0.29, 0.717) is 18.5 Å². The van der Waals surface area contributed by atoms with E-state index >= 15 is 0 Å². The minimum Gasteiger partial charge on any atom is -0.394 e. The molecule has 1 spiro atoms. The van der Waals surface area contributed by atoms with Gasteiger partial charge in [-0.1, -0.05) is 42.5 Å². The fraction of sp³-hybridized carbons (Fsp3) is 0.441. The van der Waals surface area contributed by atoms with Crippen LogP contribution in [0.15, 0.2) is 73.8 Å². The molecule has 3 amide bonds. The molecule has 2 unspecified atom stereocenters. The van der Waals surface area contributed by atoms with Gasteiger partial charge >= 0.3 is 0 Å². The van der Waals surface area contributed by atoms with Crippen LogP contribution in [0.1, 0.15) is 37.8 Å². The third kappa shape index (κ3) is 4.48. The van der Waals surface area contributed by atoms with Crippen LogP contribution in [0, 0.1) is 25.7 Å². The maximum atomic E-state index is 14.8. The lowest BCUT2D eigenvalue weighted by Gasteiger charge is -2.39. The number of aliphatic hydroxyl groups excluding tert-OH is 1. The number of nitrogens with zero attached hydrogens (tertiary/aromatic N) is 3. The quantitative estimate of drug-likeness (QED) is 0.432. The summed E-state index contributed by atoms with van der Waals surface area (Å²) in [4.78, 5) is 48.4. The highest BCUT2D eigenvalue weighted by molar-refractivity contribution is 6.07. The second kappa shape index (κ2) is 11.2. The van der Waals surface area contributed by atoms with Gasteiger partial charge in [0, 0.05) is 24.5 Å². The second-order valence-corrected chi connectivity index (χ2v) is 12.1. The van der Waals surface area contributed by atoms with Crippen molar-refractivity contribution in [3.05, 3.63) is 85.0 Å². The van der Waals surface area contributed by atoms with Gasteiger partial charge in [0.05, 0.1) is 30.1 Å². The Morgan fingerprint density at radius 1 is 1.07 bits per heavy atom. The summed E-state index contributed by atoms with van der Waals surface area (Å²) >= 11 is 0. The first kappa shape index (κ1) is 29.7. The first-order chi connectivity index (χ1) is 20.0. The lowest BCUT2D eigenvalue weighted by molar-refractivity contribution is -0.147. The van der Waals surface area contributed by atoms with Gasteiger partial charge in [-0.3, -0.25) is 14.4 Å². The molecule has 3 saturated heterocycles. The maximum Gasteiger partial charge on any atom is 0.253 e. The fourth-order valence-electron chi connectivity index (χ4n) is 7.40. The summed E-state index contributed by atoms with van der Waals surface area (Å²) in [5.41, 5.74) is 1.21. The van der Waals surface area contributed by atoms with Gasteiger partial charge < -0.3 is 24.5 Å². The van der Waals surface area contributed by atoms with E-state index < -0.39 is 35.1 Å². The Labute approximate surface area is 248 Å². The number of rotatable bonds is 10. The van der Waals surface area contributed by atoms with Crippen LogP contribution in [-0.2, 0) is 19.1 Å². The van der Waals surface area contributed by atoms with Crippen molar-refractivity contribution in [2.45, 2.75) is 63.8 Å². The molecule has 6 atom stereocenters. The summed E-state index contributed by atoms with van der Waals surface area (Å²) in [6.07, 6.45) is 4.31. The van der Waals surface area contributed by atoms with Gasteiger partial charge in [-0.15, -0.1) is 13.2 Å². The summed E-state index contributed by atoms with van der Waals surface area (Å²) < 4.78 is 6.83. The molecular formula is C34H41N3O5. The van der Waals surface area contributed by atoms with E-state index in [1.165, 1.54) is 4.90 Å². The maximum absolute atomic E-state index is 14.8. The number of carbonyl (C=O) groups excluding carboxylic acids is 3. The van der Waals surface area contributed by atoms with Gasteiger partial charge in [0.2, 0.25) is 11.8 Å². The van der Waals surface area contributed by atoms with Crippen molar-refractivity contribution >= 4 is 29.1 Å². The van der Waals surface area contributed by atoms with Crippen LogP contribution >= 0.6 is 0 Å². The number of para-hydroxylation sites is 1. The number of fused-ring (bicyclic) bond motifs is 1. The van der Waals surface area contributed by atoms with Crippen molar-refractivity contribution in [3.8, 4) is 0 Å². The molecule has 3 aliphatic rings. The third-order valence-corrected chi connectivity index (χ3v) is 9.33. The zero-order valence-corrected chi connectivity index (χ0v) is 25.0. The molecule has 8 heteroatoms. The molecule has 222 valence electrons. The smallest absolute Gasteiger partial charge is 0.253 e. The molecular weight excluding hydrogens is 530 g/mol. The highest BCUT2D eigenvalue weighted by atomic mass is 16.5. The molecule has 3 heterocycles. The van der Waals surface area contributed by atoms with E-state index in [-0.39, 0.29) is 37.4 Å². The molecule has 2 bridgehead atoms. The van der Waals surface area contributed by atoms with Crippen LogP contribution < -0.4 is 9.80 Å². The van der Waals surface area contributed by atoms with Crippen LogP contribution in [0.25, 0.3) is 0 Å². The molecule has 2 aromatic carbocycles. The number of likely N-dealkylation sites (tertiary alicyclic amines) is 1. The van der Waals surface area contributed by atoms with Gasteiger partial charge in [-0.05, 0) is 69.9 Å². The molecule has 8 nitrogen and oxygen atoms in total. The largest absolute Gasteiger partial charge is 0.394 e. The van der Waals surface area contributed by atoms with Gasteiger partial charge in [0.25, 0.3) is 5.91 Å². The molecule has 0 aromatic heterocycles. The molecule has 1 N–H and O–H groups in total. The summed E-state index contributed by atoms with van der Waals surface area (Å²) in [5, 5.41) is 10.3. The highest BCUT2D eigenvalue weighted by Crippen LogP contribution is 2.64. The van der Waals surface area contributed by atoms with Gasteiger partial charge in [0.1, 0.15) is 11.6 Å². The second-order valence-electron chi connectivity index (χ2n) is 12.1. The Bertz CT molecular complexity index is 1410. The Morgan fingerprint density at radius 3 is 2.38 bits per heavy atom. The minimum absolute atomic E-state index is 0.231. The first-order valence-electron chi connectivity index (χ1n) is 14.6. The molecule has 42 heavy (non-hydrogen) atoms. The molecule has 0 aliphatic carbocycles. The first-order valence-corrected chi connectivity index (χ1v) is 14.6. The van der Waals surface area contributed by atoms with E-state index in [1.807, 2.05) is 69.3 Å². The standard InChI is InChI=1S/C34H41N3O5/c1-7-18-35(25-12-10-9-11-13-25)30(39)27-28-31(40)37(24(5)21-38)29(34(28)17-16-33(27,6)42-34)32(41)36(19-8-2)26-20-22(3)14-15-23(26)4/h7-15,20,24,27-29,38H,1-2,16-19,21H2,3-6H3/t24-,27-,28+,29?,33+,34?/m1/s1. The van der Waals surface area contributed by atoms with E-state index in [1.54, 1.807) is 28.9 Å². The van der Waals surface area contributed by atoms with Crippen LogP contribution in [0.4, 0.5) is 11.4 Å². The average Bonchev–Trinajstić information content (AvgIpc) is 3.56. The summed E-state index contributed by atoms with van der Waals surface area (Å²) in [6, 6.07) is 13.6. The van der Waals surface area contributed by atoms with Crippen molar-refractivity contribution in [2.24, 2.45) is 11.8 Å². The van der Waals surface area contributed by atoms with Gasteiger partial charge in [-0.2, -0.15) is 0 Å². The number of hydrogen-bond acceptors (Lipinski definition) is 5. The Morgan fingerprint density at radius 2 is 1.74 bits per heavy atom. The Hall–Kier alpha value is -3.75. The van der Waals surface area contributed by atoms with Crippen LogP contribution in [-0.4, -0.2) is 70.7 Å². The number of anilines is 2. The Kier molecular flexibility index (Phi) is 7.89. The molecule has 0 saturated carbocycles. The molecule has 2 aromatic rings. The zero-order valence-electron chi connectivity index (χ0n) is 25.0. The topological polar surface area (TPSA) is 90.4 Å². The van der Waals surface area contributed by atoms with Crippen molar-refractivity contribution in [1.29, 1.82) is 0 Å². The number of benzene rings is 2. The average molecular weight is 572 g/mol. The fourth-order valence-corrected chi connectivity index (χ4v) is 7.40. The predicted octanol–water partition coefficient (Wildman–Crippen LogP) is 4.19. The highest BCUT2D eigenvalue weighted by Gasteiger charge is 2.78. The summed E-state index contributed by atoms with van der Waals surface area (Å²) in [6.45, 7) is 15.4. The van der Waals surface area contributed by atoms with Crippen LogP contribution in [0.2, 0.25) is 0 Å². The van der Waals surface area contributed by atoms with Crippen LogP contribution in [0.5, 0.6) is 0 Å². The van der Waals surface area contributed by atoms with Crippen molar-refractivity contribution in [1.82, 2.24) is 4.90 Å². The van der Waals surface area contributed by atoms with E-state index in [4.69, 9.17) is 4.74 Å². The SMILES string of the molecule is C=CCN(C(=O)[C@H]1[C@H]2C(=O)N([C@H](C)CO)C(C(=O)N(CC=C)c3cc(C)ccc3C)C23CC[C@]1(C)O3)c1ccccc1. The zero-order chi connectivity index (χ0) is 30.4. The summed E-state index contributed by atoms with van der Waals surface area (Å²) in [5.74, 6) is -2.54. The predicted molar refractivity (Wildman–Crippen MR) is 163 cm³/mol. The molecule has 3 aliphatic heterocycles. The normalized spacial score (nSPS) is 28.4. The number of carbonyl (C=O) groups is 3. The number of aliphatic hydroxyl groups is 1. The molecule has 3 fully saturated rings. The molecule has 0 radical (unpaired) electrons. The number of aryl methyl sites for hydroxylation is 2.